The second-order valence-corrected chi connectivity index (χ2v) is 3.99. The molecule has 1 heterocycles. The van der Waals surface area contributed by atoms with E-state index < -0.39 is 23.3 Å². The summed E-state index contributed by atoms with van der Waals surface area (Å²) < 4.78 is 52.7. The van der Waals surface area contributed by atoms with E-state index in [1.165, 1.54) is 0 Å². The molecule has 0 fully saturated rings. The highest BCUT2D eigenvalue weighted by molar-refractivity contribution is 5.79. The molecule has 0 saturated heterocycles. The van der Waals surface area contributed by atoms with Gasteiger partial charge in [0.05, 0.1) is 16.6 Å². The molecule has 6 heteroatoms. The normalized spacial score (nSPS) is 11.2. The Morgan fingerprint density at radius 2 is 1.58 bits per heavy atom. The summed E-state index contributed by atoms with van der Waals surface area (Å²) in [6.45, 7) is 0. The molecule has 0 bridgehead atoms. The number of nitrogens with one attached hydrogen (secondary N) is 1. The van der Waals surface area contributed by atoms with Gasteiger partial charge in [0.1, 0.15) is 17.5 Å². The second kappa shape index (κ2) is 4.08. The van der Waals surface area contributed by atoms with Crippen LogP contribution >= 0.6 is 0 Å². The van der Waals surface area contributed by atoms with Gasteiger partial charge in [0.2, 0.25) is 0 Å². The van der Waals surface area contributed by atoms with Crippen molar-refractivity contribution in [2.45, 2.75) is 0 Å². The standard InChI is InChI=1S/C13H6F4N2/c14-6-1-2-8(15)7(3-6)13-18-11-4-9(16)10(17)5-12(11)19-13/h1-5H,(H,18,19). The molecule has 0 radical (unpaired) electrons. The molecule has 2 nitrogen and oxygen atoms in total. The minimum atomic E-state index is -1.05. The van der Waals surface area contributed by atoms with Crippen LogP contribution < -0.4 is 0 Å². The lowest BCUT2D eigenvalue weighted by molar-refractivity contribution is 0.510. The molecule has 0 atom stereocenters. The van der Waals surface area contributed by atoms with Gasteiger partial charge in [0.25, 0.3) is 0 Å². The monoisotopic (exact) mass is 266 g/mol. The predicted octanol–water partition coefficient (Wildman–Crippen LogP) is 3.79. The first-order valence-corrected chi connectivity index (χ1v) is 5.35. The van der Waals surface area contributed by atoms with Crippen LogP contribution in [-0.2, 0) is 0 Å². The van der Waals surface area contributed by atoms with Crippen LogP contribution in [0.2, 0.25) is 0 Å². The van der Waals surface area contributed by atoms with Crippen molar-refractivity contribution in [2.75, 3.05) is 0 Å². The Morgan fingerprint density at radius 3 is 2.37 bits per heavy atom. The number of nitrogens with zero attached hydrogens (tertiary/aromatic N) is 1. The van der Waals surface area contributed by atoms with Crippen LogP contribution in [0.15, 0.2) is 30.3 Å². The van der Waals surface area contributed by atoms with Gasteiger partial charge in [0.15, 0.2) is 11.6 Å². The molecule has 0 aliphatic heterocycles. The molecule has 96 valence electrons. The summed E-state index contributed by atoms with van der Waals surface area (Å²) in [6, 6.07) is 4.69. The van der Waals surface area contributed by atoms with E-state index in [4.69, 9.17) is 0 Å². The number of benzene rings is 2. The van der Waals surface area contributed by atoms with Gasteiger partial charge in [-0.05, 0) is 18.2 Å². The fraction of sp³-hybridized carbons (Fsp3) is 0. The van der Waals surface area contributed by atoms with E-state index in [0.29, 0.717) is 0 Å². The maximum absolute atomic E-state index is 13.6. The van der Waals surface area contributed by atoms with Gasteiger partial charge in [-0.1, -0.05) is 0 Å². The average molecular weight is 266 g/mol. The molecule has 0 spiro atoms. The fourth-order valence-corrected chi connectivity index (χ4v) is 1.81. The van der Waals surface area contributed by atoms with E-state index in [1.54, 1.807) is 0 Å². The maximum atomic E-state index is 13.6. The van der Waals surface area contributed by atoms with Gasteiger partial charge in [-0.2, -0.15) is 0 Å². The lowest BCUT2D eigenvalue weighted by atomic mass is 10.2. The van der Waals surface area contributed by atoms with Gasteiger partial charge < -0.3 is 4.98 Å². The van der Waals surface area contributed by atoms with Crippen LogP contribution in [0, 0.1) is 23.3 Å². The molecule has 1 aromatic heterocycles. The van der Waals surface area contributed by atoms with E-state index in [9.17, 15) is 17.6 Å². The maximum Gasteiger partial charge on any atom is 0.161 e. The third-order valence-electron chi connectivity index (χ3n) is 2.71. The zero-order valence-corrected chi connectivity index (χ0v) is 9.35. The number of imidazole rings is 1. The molecule has 19 heavy (non-hydrogen) atoms. The van der Waals surface area contributed by atoms with Crippen LogP contribution in [-0.4, -0.2) is 9.97 Å². The largest absolute Gasteiger partial charge is 0.338 e. The van der Waals surface area contributed by atoms with Gasteiger partial charge in [-0.15, -0.1) is 0 Å². The smallest absolute Gasteiger partial charge is 0.161 e. The Morgan fingerprint density at radius 1 is 0.842 bits per heavy atom. The molecule has 3 rings (SSSR count). The Bertz CT molecular complexity index is 741. The van der Waals surface area contributed by atoms with Crippen LogP contribution in [0.1, 0.15) is 0 Å². The summed E-state index contributed by atoms with van der Waals surface area (Å²) in [5, 5.41) is 0. The van der Waals surface area contributed by atoms with Crippen molar-refractivity contribution in [3.05, 3.63) is 53.6 Å². The van der Waals surface area contributed by atoms with Crippen molar-refractivity contribution < 1.29 is 17.6 Å². The van der Waals surface area contributed by atoms with E-state index in [0.717, 1.165) is 30.3 Å². The number of hydrogen-bond acceptors (Lipinski definition) is 1. The molecular formula is C13H6F4N2. The number of halogens is 4. The first-order chi connectivity index (χ1) is 9.04. The summed E-state index contributed by atoms with van der Waals surface area (Å²) in [6.07, 6.45) is 0. The first-order valence-electron chi connectivity index (χ1n) is 5.35. The highest BCUT2D eigenvalue weighted by atomic mass is 19.2. The Hall–Kier alpha value is -2.37. The third kappa shape index (κ3) is 1.95. The van der Waals surface area contributed by atoms with Gasteiger partial charge in [-0.3, -0.25) is 0 Å². The molecule has 0 aliphatic rings. The molecule has 1 N–H and O–H groups in total. The van der Waals surface area contributed by atoms with E-state index in [-0.39, 0.29) is 22.4 Å². The second-order valence-electron chi connectivity index (χ2n) is 3.99. The van der Waals surface area contributed by atoms with E-state index in [1.807, 2.05) is 0 Å². The summed E-state index contributed by atoms with van der Waals surface area (Å²) in [4.78, 5) is 6.54. The molecule has 0 saturated carbocycles. The van der Waals surface area contributed by atoms with Crippen LogP contribution in [0.4, 0.5) is 17.6 Å². The predicted molar refractivity (Wildman–Crippen MR) is 61.4 cm³/mol. The minimum Gasteiger partial charge on any atom is -0.338 e. The van der Waals surface area contributed by atoms with E-state index in [2.05, 4.69) is 9.97 Å². The van der Waals surface area contributed by atoms with Gasteiger partial charge in [0, 0.05) is 12.1 Å². The molecular weight excluding hydrogens is 260 g/mol. The van der Waals surface area contributed by atoms with Crippen LogP contribution in [0.25, 0.3) is 22.4 Å². The minimum absolute atomic E-state index is 0.0111. The van der Waals surface area contributed by atoms with Crippen molar-refractivity contribution in [3.8, 4) is 11.4 Å². The summed E-state index contributed by atoms with van der Waals surface area (Å²) in [7, 11) is 0. The zero-order valence-electron chi connectivity index (χ0n) is 9.35. The number of aromatic amines is 1. The Labute approximate surface area is 104 Å². The number of H-pyrrole nitrogens is 1. The Balaban J connectivity index is 2.23. The van der Waals surface area contributed by atoms with Crippen molar-refractivity contribution >= 4 is 11.0 Å². The number of aromatic nitrogens is 2. The fourth-order valence-electron chi connectivity index (χ4n) is 1.81. The summed E-state index contributed by atoms with van der Waals surface area (Å²) in [5.74, 6) is -3.39. The van der Waals surface area contributed by atoms with Crippen LogP contribution in [0.3, 0.4) is 0 Å². The molecule has 3 aromatic rings. The lowest BCUT2D eigenvalue weighted by Gasteiger charge is -1.98. The van der Waals surface area contributed by atoms with Crippen molar-refractivity contribution in [3.63, 3.8) is 0 Å². The van der Waals surface area contributed by atoms with Crippen molar-refractivity contribution in [2.24, 2.45) is 0 Å². The Kier molecular flexibility index (Phi) is 2.51. The molecule has 0 amide bonds. The van der Waals surface area contributed by atoms with Crippen molar-refractivity contribution in [1.29, 1.82) is 0 Å². The molecule has 0 aliphatic carbocycles. The number of rotatable bonds is 1. The van der Waals surface area contributed by atoms with Crippen molar-refractivity contribution in [1.82, 2.24) is 9.97 Å². The summed E-state index contributed by atoms with van der Waals surface area (Å²) >= 11 is 0. The van der Waals surface area contributed by atoms with Gasteiger partial charge in [-0.25, -0.2) is 22.5 Å². The topological polar surface area (TPSA) is 28.7 Å². The van der Waals surface area contributed by atoms with E-state index >= 15 is 0 Å². The number of fused-ring (bicyclic) bond motifs is 1. The first kappa shape index (κ1) is 11.7. The van der Waals surface area contributed by atoms with Crippen LogP contribution in [0.5, 0.6) is 0 Å². The molecule has 2 aromatic carbocycles. The number of hydrogen-bond donors (Lipinski definition) is 1. The average Bonchev–Trinajstić information content (AvgIpc) is 2.75. The highest BCUT2D eigenvalue weighted by Crippen LogP contribution is 2.25. The third-order valence-corrected chi connectivity index (χ3v) is 2.71. The quantitative estimate of drug-likeness (QED) is 0.667. The SMILES string of the molecule is Fc1ccc(F)c(-c2nc3cc(F)c(F)cc3[nH]2)c1. The highest BCUT2D eigenvalue weighted by Gasteiger charge is 2.13. The summed E-state index contributed by atoms with van der Waals surface area (Å²) in [5.41, 5.74) is 0.243. The lowest BCUT2D eigenvalue weighted by Crippen LogP contribution is -1.87. The zero-order chi connectivity index (χ0) is 13.6. The molecule has 0 unspecified atom stereocenters. The van der Waals surface area contributed by atoms with Gasteiger partial charge >= 0.3 is 0 Å².